The van der Waals surface area contributed by atoms with Crippen molar-refractivity contribution >= 4 is 34.5 Å². The van der Waals surface area contributed by atoms with Crippen LogP contribution in [0.2, 0.25) is 0 Å². The minimum absolute atomic E-state index is 0. The average Bonchev–Trinajstić information content (AvgIpc) is 0.722. The van der Waals surface area contributed by atoms with Crippen molar-refractivity contribution in [1.29, 1.82) is 0 Å². The minimum Gasteiger partial charge on any atom is -0.296 e. The van der Waals surface area contributed by atoms with Gasteiger partial charge in [0.25, 0.3) is 7.12 Å². The van der Waals surface area contributed by atoms with Gasteiger partial charge in [0.1, 0.15) is 0 Å². The summed E-state index contributed by atoms with van der Waals surface area (Å²) in [6, 6.07) is 0. The van der Waals surface area contributed by atoms with Crippen LogP contribution in [0.3, 0.4) is 0 Å². The Hall–Kier alpha value is 0.507. The first-order valence-corrected chi connectivity index (χ1v) is 2.25. The van der Waals surface area contributed by atoms with E-state index in [0.29, 0.717) is 0 Å². The molecule has 0 aliphatic carbocycles. The highest BCUT2D eigenvalue weighted by molar-refractivity contribution is 8.07. The van der Waals surface area contributed by atoms with Crippen molar-refractivity contribution in [3.63, 3.8) is 0 Å². The molecule has 6 heteroatoms. The van der Waals surface area contributed by atoms with Crippen LogP contribution in [-0.2, 0) is 9.97 Å². The van der Waals surface area contributed by atoms with Gasteiger partial charge in [-0.1, -0.05) is 0 Å². The highest BCUT2D eigenvalue weighted by Gasteiger charge is 1.82. The van der Waals surface area contributed by atoms with E-state index < -0.39 is 9.97 Å². The maximum Gasteiger partial charge on any atom is 0.295 e. The lowest BCUT2D eigenvalue weighted by atomic mass is 10.8. The number of hydrogen-bond donors (Lipinski definition) is 1. The van der Waals surface area contributed by atoms with Gasteiger partial charge in [0, 0.05) is 0 Å². The lowest BCUT2D eigenvalue weighted by molar-refractivity contribution is 0.501. The summed E-state index contributed by atoms with van der Waals surface area (Å²) in [7, 11) is -0.285. The SMILES string of the molecule is [AlH3].[B]S(=O)(=O)O. The maximum atomic E-state index is 8.97. The topological polar surface area (TPSA) is 54.4 Å². The Morgan fingerprint density at radius 2 is 1.50 bits per heavy atom. The first kappa shape index (κ1) is 9.72. The average molecular weight is 122 g/mol. The normalized spacial score (nSPS) is 9.50. The highest BCUT2D eigenvalue weighted by atomic mass is 32.2. The van der Waals surface area contributed by atoms with Crippen LogP contribution >= 0.6 is 0 Å². The monoisotopic (exact) mass is 122 g/mol. The zero-order valence-electron chi connectivity index (χ0n) is 2.25. The van der Waals surface area contributed by atoms with E-state index in [1.165, 1.54) is 0 Å². The summed E-state index contributed by atoms with van der Waals surface area (Å²) in [6.45, 7) is 0. The lowest BCUT2D eigenvalue weighted by Gasteiger charge is -1.69. The van der Waals surface area contributed by atoms with E-state index in [9.17, 15) is 0 Å². The molecule has 0 aromatic heterocycles. The molecule has 0 rings (SSSR count). The smallest absolute Gasteiger partial charge is 0.295 e. The fraction of sp³-hybridized carbons (Fsp3) is 0. The Labute approximate surface area is 47.9 Å². The molecule has 34 valence electrons. The van der Waals surface area contributed by atoms with Gasteiger partial charge in [-0.15, -0.1) is 0 Å². The molecule has 0 heterocycles. The second-order valence-corrected chi connectivity index (χ2v) is 1.54. The summed E-state index contributed by atoms with van der Waals surface area (Å²) < 4.78 is 25.2. The minimum atomic E-state index is -4.17. The van der Waals surface area contributed by atoms with Crippen molar-refractivity contribution in [2.45, 2.75) is 0 Å². The van der Waals surface area contributed by atoms with E-state index in [4.69, 9.17) is 13.0 Å². The molecule has 0 unspecified atom stereocenters. The molecule has 3 nitrogen and oxygen atoms in total. The molecule has 0 bridgehead atoms. The zero-order valence-corrected chi connectivity index (χ0v) is 3.07. The maximum absolute atomic E-state index is 8.97. The summed E-state index contributed by atoms with van der Waals surface area (Å²) in [5, 5.41) is 0. The second-order valence-electron chi connectivity index (χ2n) is 0.515. The Kier molecular flexibility index (Phi) is 4.28. The molecular weight excluding hydrogens is 118 g/mol. The van der Waals surface area contributed by atoms with Gasteiger partial charge < -0.3 is 0 Å². The Bertz CT molecular complexity index is 94.0. The van der Waals surface area contributed by atoms with Gasteiger partial charge >= 0.3 is 0 Å². The molecule has 0 saturated carbocycles. The van der Waals surface area contributed by atoms with Crippen LogP contribution in [0.25, 0.3) is 0 Å². The summed E-state index contributed by atoms with van der Waals surface area (Å²) in [5.41, 5.74) is 0. The van der Waals surface area contributed by atoms with Crippen molar-refractivity contribution in [2.24, 2.45) is 0 Å². The van der Waals surface area contributed by atoms with Gasteiger partial charge in [0.2, 0.25) is 0 Å². The third kappa shape index (κ3) is 215. The summed E-state index contributed by atoms with van der Waals surface area (Å²) in [5.74, 6) is 0. The van der Waals surface area contributed by atoms with Crippen LogP contribution in [0.5, 0.6) is 0 Å². The molecule has 0 saturated heterocycles. The fourth-order valence-corrected chi connectivity index (χ4v) is 0. The fourth-order valence-electron chi connectivity index (χ4n) is 0. The van der Waals surface area contributed by atoms with E-state index in [1.807, 2.05) is 0 Å². The summed E-state index contributed by atoms with van der Waals surface area (Å²) in [4.78, 5) is 0. The van der Waals surface area contributed by atoms with E-state index in [2.05, 4.69) is 7.12 Å². The number of rotatable bonds is 0. The van der Waals surface area contributed by atoms with E-state index in [-0.39, 0.29) is 17.4 Å². The highest BCUT2D eigenvalue weighted by Crippen LogP contribution is 1.57. The molecule has 0 aliphatic heterocycles. The predicted octanol–water partition coefficient (Wildman–Crippen LogP) is -2.23. The standard InChI is InChI=1S/Al.BHO3S.3H/c;1-5(2,3)4;;;/h;(H,2,3,4);;;. The Balaban J connectivity index is 0. The lowest BCUT2D eigenvalue weighted by Crippen LogP contribution is -1.91. The van der Waals surface area contributed by atoms with Crippen molar-refractivity contribution < 1.29 is 13.0 Å². The van der Waals surface area contributed by atoms with Crippen molar-refractivity contribution in [1.82, 2.24) is 0 Å². The molecule has 1 N–H and O–H groups in total. The molecule has 0 spiro atoms. The Morgan fingerprint density at radius 3 is 1.50 bits per heavy atom. The predicted molar refractivity (Wildman–Crippen MR) is 27.2 cm³/mol. The molecule has 0 aliphatic rings. The third-order valence-corrected chi connectivity index (χ3v) is 0. The summed E-state index contributed by atoms with van der Waals surface area (Å²) >= 11 is 0. The van der Waals surface area contributed by atoms with Gasteiger partial charge in [-0.05, 0) is 0 Å². The van der Waals surface area contributed by atoms with Crippen LogP contribution in [0, 0.1) is 0 Å². The van der Waals surface area contributed by atoms with E-state index in [1.54, 1.807) is 0 Å². The van der Waals surface area contributed by atoms with Crippen molar-refractivity contribution in [3.05, 3.63) is 0 Å². The molecule has 0 atom stereocenters. The van der Waals surface area contributed by atoms with Gasteiger partial charge in [-0.2, -0.15) is 0 Å². The van der Waals surface area contributed by atoms with Crippen LogP contribution < -0.4 is 0 Å². The zero-order chi connectivity index (χ0) is 4.50. The van der Waals surface area contributed by atoms with Crippen molar-refractivity contribution in [2.75, 3.05) is 0 Å². The first-order valence-electron chi connectivity index (χ1n) is 0.752. The first-order chi connectivity index (χ1) is 2.00. The van der Waals surface area contributed by atoms with Gasteiger partial charge in [-0.3, -0.25) is 4.55 Å². The van der Waals surface area contributed by atoms with Crippen LogP contribution in [0.4, 0.5) is 0 Å². The number of hydrogen-bond acceptors (Lipinski definition) is 2. The molecule has 0 aromatic carbocycles. The second kappa shape index (κ2) is 2.64. The molecule has 0 aromatic rings. The Morgan fingerprint density at radius 1 is 1.50 bits per heavy atom. The van der Waals surface area contributed by atoms with E-state index in [0.717, 1.165) is 0 Å². The molecule has 0 amide bonds. The van der Waals surface area contributed by atoms with Crippen LogP contribution in [0.1, 0.15) is 0 Å². The molecule has 6 heavy (non-hydrogen) atoms. The summed E-state index contributed by atoms with van der Waals surface area (Å²) in [6.07, 6.45) is 0. The molecule has 0 fully saturated rings. The van der Waals surface area contributed by atoms with Gasteiger partial charge in [-0.25, -0.2) is 8.42 Å². The van der Waals surface area contributed by atoms with Crippen LogP contribution in [-0.4, -0.2) is 37.5 Å². The van der Waals surface area contributed by atoms with Gasteiger partial charge in [0.05, 0.1) is 0 Å². The molecular formula is H4AlBO3S. The van der Waals surface area contributed by atoms with Crippen LogP contribution in [0.15, 0.2) is 0 Å². The third-order valence-electron chi connectivity index (χ3n) is 0. The van der Waals surface area contributed by atoms with E-state index >= 15 is 0 Å². The molecule has 2 radical (unpaired) electrons. The quantitative estimate of drug-likeness (QED) is 0.292. The van der Waals surface area contributed by atoms with Gasteiger partial charge in [0.15, 0.2) is 27.3 Å². The largest absolute Gasteiger partial charge is 0.296 e. The van der Waals surface area contributed by atoms with Crippen molar-refractivity contribution in [3.8, 4) is 0 Å².